The molecule has 1 aromatic heterocycles. The molecule has 0 saturated heterocycles. The smallest absolute Gasteiger partial charge is 0.286 e. The zero-order valence-corrected chi connectivity index (χ0v) is 18.6. The summed E-state index contributed by atoms with van der Waals surface area (Å²) >= 11 is 0. The minimum absolute atomic E-state index is 0.449. The maximum absolute atomic E-state index is 12.6. The molecular weight excluding hydrogens is 360 g/mol. The molecule has 29 heavy (non-hydrogen) atoms. The average molecular weight is 401 g/mol. The van der Waals surface area contributed by atoms with E-state index in [-0.39, 0.29) is 0 Å². The Morgan fingerprint density at radius 1 is 0.793 bits per heavy atom. The first-order valence-corrected chi connectivity index (χ1v) is 11.9. The highest BCUT2D eigenvalue weighted by Gasteiger charge is 2.18. The number of aromatic nitrogens is 2. The molecule has 0 bridgehead atoms. The quantitative estimate of drug-likeness (QED) is 0.234. The Morgan fingerprint density at radius 3 is 1.83 bits per heavy atom. The van der Waals surface area contributed by atoms with Crippen molar-refractivity contribution in [3.63, 3.8) is 0 Å². The summed E-state index contributed by atoms with van der Waals surface area (Å²) in [5, 5.41) is 12.4. The van der Waals surface area contributed by atoms with Crippen LogP contribution in [0.25, 0.3) is 11.0 Å². The monoisotopic (exact) mass is 400 g/mol. The van der Waals surface area contributed by atoms with Crippen LogP contribution in [-0.4, -0.2) is 4.73 Å². The number of nitrogens with zero attached hydrogens (tertiary/aromatic N) is 2. The van der Waals surface area contributed by atoms with Crippen LogP contribution in [0.3, 0.4) is 0 Å². The van der Waals surface area contributed by atoms with E-state index >= 15 is 0 Å². The van der Waals surface area contributed by atoms with E-state index in [9.17, 15) is 10.1 Å². The van der Waals surface area contributed by atoms with Gasteiger partial charge >= 0.3 is 0 Å². The third kappa shape index (κ3) is 7.49. The molecule has 0 aliphatic carbocycles. The van der Waals surface area contributed by atoms with Gasteiger partial charge in [0.2, 0.25) is 0 Å². The fraction of sp³-hybridized carbons (Fsp3) is 0.680. The van der Waals surface area contributed by atoms with Gasteiger partial charge in [-0.1, -0.05) is 103 Å². The Kier molecular flexibility index (Phi) is 10.8. The van der Waals surface area contributed by atoms with E-state index in [1.807, 2.05) is 6.07 Å². The second kappa shape index (κ2) is 13.4. The predicted molar refractivity (Wildman–Crippen MR) is 123 cm³/mol. The van der Waals surface area contributed by atoms with Crippen molar-refractivity contribution in [2.75, 3.05) is 0 Å². The average Bonchev–Trinajstić information content (AvgIpc) is 2.74. The summed E-state index contributed by atoms with van der Waals surface area (Å²) in [6.45, 7) is 4.03. The summed E-state index contributed by atoms with van der Waals surface area (Å²) in [5.74, 6) is 0. The maximum atomic E-state index is 12.6. The topological polar surface area (TPSA) is 51.0 Å². The molecular formula is C25H40N2O2. The maximum Gasteiger partial charge on any atom is 0.286 e. The van der Waals surface area contributed by atoms with Crippen LogP contribution in [0.5, 0.6) is 0 Å². The first-order chi connectivity index (χ1) is 14.2. The number of hydrogen-bond acceptors (Lipinski definition) is 2. The summed E-state index contributed by atoms with van der Waals surface area (Å²) in [5.41, 5.74) is 2.07. The van der Waals surface area contributed by atoms with Crippen LogP contribution in [0.15, 0.2) is 24.3 Å². The van der Waals surface area contributed by atoms with Crippen LogP contribution in [0.1, 0.15) is 108 Å². The summed E-state index contributed by atoms with van der Waals surface area (Å²) in [6.07, 6.45) is 19.1. The first kappa shape index (κ1) is 23.4. The molecule has 0 unspecified atom stereocenters. The molecule has 4 heteroatoms. The molecule has 0 saturated carbocycles. The van der Waals surface area contributed by atoms with Gasteiger partial charge in [-0.05, 0) is 19.4 Å². The van der Waals surface area contributed by atoms with E-state index in [1.54, 1.807) is 25.1 Å². The largest absolute Gasteiger partial charge is 0.805 e. The van der Waals surface area contributed by atoms with Gasteiger partial charge in [-0.15, -0.1) is 0 Å². The molecule has 0 amide bonds. The normalized spacial score (nSPS) is 11.4. The summed E-state index contributed by atoms with van der Waals surface area (Å²) < 4.78 is 1.87. The van der Waals surface area contributed by atoms with Crippen molar-refractivity contribution >= 4 is 11.0 Å². The Balaban J connectivity index is 1.58. The van der Waals surface area contributed by atoms with E-state index in [4.69, 9.17) is 0 Å². The first-order valence-electron chi connectivity index (χ1n) is 11.9. The van der Waals surface area contributed by atoms with E-state index < -0.39 is 0 Å². The molecule has 1 aromatic carbocycles. The highest BCUT2D eigenvalue weighted by atomic mass is 16.5. The lowest BCUT2D eigenvalue weighted by Crippen LogP contribution is -2.26. The lowest BCUT2D eigenvalue weighted by molar-refractivity contribution is -0.476. The van der Waals surface area contributed by atoms with E-state index in [2.05, 4.69) is 6.92 Å². The predicted octanol–water partition coefficient (Wildman–Crippen LogP) is 7.23. The van der Waals surface area contributed by atoms with Gasteiger partial charge < -0.3 is 9.94 Å². The van der Waals surface area contributed by atoms with Crippen molar-refractivity contribution in [2.45, 2.75) is 110 Å². The van der Waals surface area contributed by atoms with Crippen molar-refractivity contribution in [3.8, 4) is 0 Å². The lowest BCUT2D eigenvalue weighted by Gasteiger charge is -2.16. The van der Waals surface area contributed by atoms with Crippen LogP contribution >= 0.6 is 0 Å². The molecule has 0 radical (unpaired) electrons. The van der Waals surface area contributed by atoms with Crippen LogP contribution in [-0.2, 0) is 6.42 Å². The molecule has 4 nitrogen and oxygen atoms in total. The fourth-order valence-corrected chi connectivity index (χ4v) is 4.17. The number of fused-ring (bicyclic) bond motifs is 1. The van der Waals surface area contributed by atoms with Crippen molar-refractivity contribution in [1.29, 1.82) is 0 Å². The second-order valence-corrected chi connectivity index (χ2v) is 8.46. The van der Waals surface area contributed by atoms with Gasteiger partial charge in [0, 0.05) is 17.4 Å². The molecule has 2 aromatic rings. The Morgan fingerprint density at radius 2 is 1.28 bits per heavy atom. The molecule has 0 atom stereocenters. The molecule has 0 aliphatic rings. The molecule has 0 N–H and O–H groups in total. The van der Waals surface area contributed by atoms with E-state index in [0.29, 0.717) is 28.8 Å². The Bertz CT molecular complexity index is 782. The zero-order valence-electron chi connectivity index (χ0n) is 18.6. The molecule has 0 fully saturated rings. The standard InChI is InChI=1S/C25H40N2O2/c1-3-4-5-6-7-8-9-10-11-12-13-14-15-16-19-23-22(2)26(28)24-20-17-18-21-25(24)27(23)29/h17-18,20-21H,3-16,19H2,1-2H3. The van der Waals surface area contributed by atoms with E-state index in [0.717, 1.165) is 22.0 Å². The minimum Gasteiger partial charge on any atom is -0.805 e. The Labute approximate surface area is 176 Å². The van der Waals surface area contributed by atoms with Crippen molar-refractivity contribution in [1.82, 2.24) is 4.73 Å². The van der Waals surface area contributed by atoms with Gasteiger partial charge in [-0.3, -0.25) is 0 Å². The van der Waals surface area contributed by atoms with Gasteiger partial charge in [0.15, 0.2) is 0 Å². The number of para-hydroxylation sites is 2. The molecule has 0 spiro atoms. The number of hydrogen-bond donors (Lipinski definition) is 0. The third-order valence-electron chi connectivity index (χ3n) is 6.05. The second-order valence-electron chi connectivity index (χ2n) is 8.46. The third-order valence-corrected chi connectivity index (χ3v) is 6.05. The highest BCUT2D eigenvalue weighted by Crippen LogP contribution is 2.17. The minimum atomic E-state index is 0.449. The van der Waals surface area contributed by atoms with Gasteiger partial charge in [0.05, 0.1) is 10.1 Å². The van der Waals surface area contributed by atoms with Gasteiger partial charge in [0.25, 0.3) is 11.2 Å². The lowest BCUT2D eigenvalue weighted by atomic mass is 10.0. The number of rotatable bonds is 15. The van der Waals surface area contributed by atoms with Gasteiger partial charge in [-0.25, -0.2) is 0 Å². The number of benzene rings is 1. The van der Waals surface area contributed by atoms with Crippen LogP contribution < -0.4 is 4.43 Å². The summed E-state index contributed by atoms with van der Waals surface area (Å²) in [6, 6.07) is 7.04. The zero-order chi connectivity index (χ0) is 20.9. The highest BCUT2D eigenvalue weighted by molar-refractivity contribution is 5.72. The van der Waals surface area contributed by atoms with E-state index in [1.165, 1.54) is 77.0 Å². The van der Waals surface area contributed by atoms with Crippen LogP contribution in [0, 0.1) is 17.0 Å². The van der Waals surface area contributed by atoms with Crippen molar-refractivity contribution < 1.29 is 4.43 Å². The molecule has 2 rings (SSSR count). The molecule has 1 heterocycles. The van der Waals surface area contributed by atoms with Gasteiger partial charge in [-0.2, -0.15) is 0 Å². The molecule has 0 aliphatic heterocycles. The van der Waals surface area contributed by atoms with Crippen LogP contribution in [0.4, 0.5) is 0 Å². The van der Waals surface area contributed by atoms with Gasteiger partial charge in [0.1, 0.15) is 5.52 Å². The fourth-order valence-electron chi connectivity index (χ4n) is 4.17. The SMILES string of the molecule is CCCCCCCCCCCCCCCCc1c(C)n([O-])c2ccccc2[n+]1=O. The van der Waals surface area contributed by atoms with Crippen LogP contribution in [0.2, 0.25) is 0 Å². The number of unbranched alkanes of at least 4 members (excludes halogenated alkanes) is 13. The summed E-state index contributed by atoms with van der Waals surface area (Å²) in [7, 11) is 0. The Hall–Kier alpha value is -1.84. The van der Waals surface area contributed by atoms with Crippen molar-refractivity contribution in [3.05, 3.63) is 45.8 Å². The van der Waals surface area contributed by atoms with Crippen molar-refractivity contribution in [2.24, 2.45) is 0 Å². The summed E-state index contributed by atoms with van der Waals surface area (Å²) in [4.78, 5) is 12.6. The molecule has 162 valence electrons.